The first-order chi connectivity index (χ1) is 10.5. The van der Waals surface area contributed by atoms with Gasteiger partial charge >= 0.3 is 0 Å². The molecule has 1 aliphatic heterocycles. The Hall–Kier alpha value is 0.784. The van der Waals surface area contributed by atoms with Gasteiger partial charge < -0.3 is 4.43 Å². The maximum Gasteiger partial charge on any atom is 0.184 e. The highest BCUT2D eigenvalue weighted by molar-refractivity contribution is 7.72. The zero-order valence-electron chi connectivity index (χ0n) is 20.0. The van der Waals surface area contributed by atoms with Crippen molar-refractivity contribution in [1.82, 2.24) is 0 Å². The monoisotopic (exact) mass is 430 g/mol. The van der Waals surface area contributed by atoms with Gasteiger partial charge in [-0.25, -0.2) is 0 Å². The second-order valence-electron chi connectivity index (χ2n) is 13.3. The molecule has 1 atom stereocenters. The van der Waals surface area contributed by atoms with E-state index in [-0.39, 0.29) is 10.6 Å². The van der Waals surface area contributed by atoms with Gasteiger partial charge in [0.25, 0.3) is 0 Å². The smallest absolute Gasteiger partial charge is 0.184 e. The molecule has 0 fully saturated rings. The van der Waals surface area contributed by atoms with Gasteiger partial charge in [-0.05, 0) is 25.1 Å². The summed E-state index contributed by atoms with van der Waals surface area (Å²) in [6.07, 6.45) is 0. The van der Waals surface area contributed by atoms with Crippen molar-refractivity contribution >= 4 is 38.7 Å². The van der Waals surface area contributed by atoms with Crippen LogP contribution in [0.5, 0.6) is 0 Å². The lowest BCUT2D eigenvalue weighted by Crippen LogP contribution is -2.92. The van der Waals surface area contributed by atoms with Gasteiger partial charge in [-0.15, -0.1) is 0 Å². The Morgan fingerprint density at radius 3 is 1.32 bits per heavy atom. The molecule has 0 radical (unpaired) electrons. The number of hydrogen-bond acceptors (Lipinski definition) is 1. The standard InChI is InChI=1S/C19H46OSi5/c1-18(2,3)19(20-22(7,8)9)17(21(4,5)6)16-25(19,23(10,11)12)24(13,14)15/h16H,1-15H3/t19-/m0/s1. The first-order valence-electron chi connectivity index (χ1n) is 9.99. The topological polar surface area (TPSA) is 9.23 Å². The minimum atomic E-state index is -1.68. The van der Waals surface area contributed by atoms with Crippen LogP contribution in [0.15, 0.2) is 10.9 Å². The van der Waals surface area contributed by atoms with E-state index in [0.29, 0.717) is 0 Å². The van der Waals surface area contributed by atoms with Crippen LogP contribution >= 0.6 is 0 Å². The first kappa shape index (κ1) is 23.8. The molecule has 1 heterocycles. The summed E-state index contributed by atoms with van der Waals surface area (Å²) in [5, 5.41) is 1.84. The maximum atomic E-state index is 7.47. The summed E-state index contributed by atoms with van der Waals surface area (Å²) in [6, 6.07) is 0. The molecule has 0 aromatic rings. The Morgan fingerprint density at radius 2 is 1.12 bits per heavy atom. The molecule has 0 aromatic carbocycles. The molecule has 0 spiro atoms. The molecule has 1 rings (SSSR count). The summed E-state index contributed by atoms with van der Waals surface area (Å²) in [4.78, 5) is 0. The molecule has 148 valence electrons. The third-order valence-corrected chi connectivity index (χ3v) is 48.1. The molecule has 0 N–H and O–H groups in total. The highest BCUT2D eigenvalue weighted by Gasteiger charge is 2.76. The van der Waals surface area contributed by atoms with Gasteiger partial charge in [-0.3, -0.25) is 0 Å². The van der Waals surface area contributed by atoms with Gasteiger partial charge in [0.15, 0.2) is 8.32 Å². The summed E-state index contributed by atoms with van der Waals surface area (Å²) < 4.78 is 7.47. The highest BCUT2D eigenvalue weighted by atomic mass is 29.6. The van der Waals surface area contributed by atoms with Gasteiger partial charge in [0.1, 0.15) is 7.11 Å². The van der Waals surface area contributed by atoms with Crippen LogP contribution in [0, 0.1) is 5.41 Å². The molecule has 1 nitrogen and oxygen atoms in total. The van der Waals surface area contributed by atoms with Crippen LogP contribution in [-0.2, 0) is 4.43 Å². The zero-order chi connectivity index (χ0) is 20.5. The van der Waals surface area contributed by atoms with Crippen molar-refractivity contribution in [3.05, 3.63) is 10.9 Å². The van der Waals surface area contributed by atoms with Gasteiger partial charge in [-0.1, -0.05) is 90.6 Å². The number of hydrogen-bond donors (Lipinski definition) is 0. The molecular formula is C19H46OSi5. The van der Waals surface area contributed by atoms with Crippen LogP contribution in [-0.4, -0.2) is 43.9 Å². The molecule has 0 aromatic heterocycles. The molecule has 0 saturated carbocycles. The van der Waals surface area contributed by atoms with Crippen LogP contribution in [0.4, 0.5) is 0 Å². The summed E-state index contributed by atoms with van der Waals surface area (Å²) in [5.74, 6) is 0. The average molecular weight is 431 g/mol. The van der Waals surface area contributed by atoms with Gasteiger partial charge in [0, 0.05) is 15.2 Å². The van der Waals surface area contributed by atoms with Crippen LogP contribution in [0.25, 0.3) is 0 Å². The molecule has 0 amide bonds. The Morgan fingerprint density at radius 1 is 0.760 bits per heavy atom. The van der Waals surface area contributed by atoms with Crippen molar-refractivity contribution < 1.29 is 4.43 Å². The van der Waals surface area contributed by atoms with Crippen molar-refractivity contribution in [1.29, 1.82) is 0 Å². The summed E-state index contributed by atoms with van der Waals surface area (Å²) in [6.45, 7) is 38.3. The predicted molar refractivity (Wildman–Crippen MR) is 130 cm³/mol. The summed E-state index contributed by atoms with van der Waals surface area (Å²) in [5.41, 5.74) is 3.12. The van der Waals surface area contributed by atoms with Gasteiger partial charge in [-0.2, -0.15) is 0 Å². The van der Waals surface area contributed by atoms with Crippen LogP contribution in [0.3, 0.4) is 0 Å². The van der Waals surface area contributed by atoms with E-state index in [1.54, 1.807) is 5.20 Å². The van der Waals surface area contributed by atoms with Crippen molar-refractivity contribution in [2.24, 2.45) is 5.41 Å². The normalized spacial score (nSPS) is 25.5. The fraction of sp³-hybridized carbons (Fsp3) is 0.895. The Labute approximate surface area is 163 Å². The van der Waals surface area contributed by atoms with E-state index in [9.17, 15) is 0 Å². The lowest BCUT2D eigenvalue weighted by Gasteiger charge is -2.73. The summed E-state index contributed by atoms with van der Waals surface area (Å²) >= 11 is 0. The van der Waals surface area contributed by atoms with E-state index in [1.807, 2.05) is 0 Å². The van der Waals surface area contributed by atoms with Crippen molar-refractivity contribution in [2.45, 2.75) is 105 Å². The maximum absolute atomic E-state index is 7.47. The van der Waals surface area contributed by atoms with E-state index in [2.05, 4.69) is 105 Å². The van der Waals surface area contributed by atoms with Gasteiger partial charge in [0.2, 0.25) is 0 Å². The fourth-order valence-corrected chi connectivity index (χ4v) is 64.2. The van der Waals surface area contributed by atoms with Crippen molar-refractivity contribution in [2.75, 3.05) is 0 Å². The quantitative estimate of drug-likeness (QED) is 0.436. The van der Waals surface area contributed by atoms with E-state index in [0.717, 1.165) is 0 Å². The minimum Gasteiger partial charge on any atom is -0.411 e. The SMILES string of the molecule is CC(C)(C)[C@]1(O[Si](C)(C)C)C([Si](C)(C)C)=C[Si]1([Si](C)(C)C)[Si](C)(C)C. The molecule has 0 saturated heterocycles. The molecular weight excluding hydrogens is 385 g/mol. The third-order valence-electron chi connectivity index (χ3n) is 5.98. The van der Waals surface area contributed by atoms with E-state index in [4.69, 9.17) is 4.43 Å². The predicted octanol–water partition coefficient (Wildman–Crippen LogP) is 6.80. The second kappa shape index (κ2) is 6.14. The second-order valence-corrected chi connectivity index (χ2v) is 49.6. The Bertz CT molecular complexity index is 533. The van der Waals surface area contributed by atoms with Crippen molar-refractivity contribution in [3.63, 3.8) is 0 Å². The fourth-order valence-electron chi connectivity index (χ4n) is 5.66. The Kier molecular flexibility index (Phi) is 5.85. The first-order valence-corrected chi connectivity index (χ1v) is 28.0. The lowest BCUT2D eigenvalue weighted by molar-refractivity contribution is 0.0618. The van der Waals surface area contributed by atoms with Crippen LogP contribution in [0.2, 0.25) is 78.6 Å². The average Bonchev–Trinajstić information content (AvgIpc) is 2.14. The zero-order valence-corrected chi connectivity index (χ0v) is 25.0. The number of rotatable bonds is 5. The van der Waals surface area contributed by atoms with E-state index in [1.165, 1.54) is 0 Å². The van der Waals surface area contributed by atoms with E-state index < -0.39 is 38.7 Å². The van der Waals surface area contributed by atoms with Crippen LogP contribution in [0.1, 0.15) is 20.8 Å². The van der Waals surface area contributed by atoms with Crippen LogP contribution < -0.4 is 0 Å². The molecule has 6 heteroatoms. The lowest BCUT2D eigenvalue weighted by atomic mass is 9.87. The Balaban J connectivity index is 4.04. The van der Waals surface area contributed by atoms with Gasteiger partial charge in [0.05, 0.1) is 13.3 Å². The molecule has 0 bridgehead atoms. The molecule has 1 aliphatic rings. The minimum absolute atomic E-state index is 0.0733. The molecule has 25 heavy (non-hydrogen) atoms. The molecule has 0 unspecified atom stereocenters. The van der Waals surface area contributed by atoms with Crippen molar-refractivity contribution in [3.8, 4) is 0 Å². The summed E-state index contributed by atoms with van der Waals surface area (Å²) in [7, 11) is -7.55. The molecule has 0 aliphatic carbocycles. The largest absolute Gasteiger partial charge is 0.411 e. The third kappa shape index (κ3) is 3.60. The highest BCUT2D eigenvalue weighted by Crippen LogP contribution is 2.62. The van der Waals surface area contributed by atoms with E-state index >= 15 is 0 Å².